The third kappa shape index (κ3) is 46.4. The lowest BCUT2D eigenvalue weighted by Crippen LogP contribution is -2.44. The van der Waals surface area contributed by atoms with E-state index in [1.54, 1.807) is 0 Å². The SMILES string of the molecule is CCCCCCCC/C=C\CCCCCCCCC(CCCCCCCC/C=C\CCCCCCCC)(CCCCCCCCCCCCCCCCC)N[CH]CC([NH])=O. The minimum atomic E-state index is -0.474. The molecule has 0 saturated heterocycles. The van der Waals surface area contributed by atoms with Crippen molar-refractivity contribution in [3.05, 3.63) is 30.8 Å². The number of nitrogens with one attached hydrogen (secondary N) is 2. The summed E-state index contributed by atoms with van der Waals surface area (Å²) in [6.07, 6.45) is 72.4. The van der Waals surface area contributed by atoms with Crippen LogP contribution in [0.25, 0.3) is 0 Å². The van der Waals surface area contributed by atoms with Crippen LogP contribution in [0.1, 0.15) is 323 Å². The molecule has 2 radical (unpaired) electrons. The first-order valence-electron chi connectivity index (χ1n) is 27.7. The molecule has 0 aliphatic heterocycles. The smallest absolute Gasteiger partial charge is 0.240 e. The molecule has 1 amide bonds. The van der Waals surface area contributed by atoms with Crippen LogP contribution in [0.5, 0.6) is 0 Å². The fourth-order valence-electron chi connectivity index (χ4n) is 9.21. The minimum absolute atomic E-state index is 0.0909. The summed E-state index contributed by atoms with van der Waals surface area (Å²) in [6, 6.07) is 0. The zero-order valence-corrected chi connectivity index (χ0v) is 41.5. The van der Waals surface area contributed by atoms with E-state index in [0.29, 0.717) is 0 Å². The minimum Gasteiger partial charge on any atom is -0.306 e. The zero-order valence-electron chi connectivity index (χ0n) is 41.5. The molecule has 3 nitrogen and oxygen atoms in total. The van der Waals surface area contributed by atoms with Crippen LogP contribution in [0.4, 0.5) is 0 Å². The van der Waals surface area contributed by atoms with Crippen LogP contribution in [-0.2, 0) is 4.79 Å². The van der Waals surface area contributed by atoms with Crippen molar-refractivity contribution in [2.45, 2.75) is 328 Å². The molecule has 354 valence electrons. The van der Waals surface area contributed by atoms with E-state index in [4.69, 9.17) is 5.73 Å². The summed E-state index contributed by atoms with van der Waals surface area (Å²) in [5.41, 5.74) is 7.65. The van der Waals surface area contributed by atoms with E-state index < -0.39 is 5.91 Å². The van der Waals surface area contributed by atoms with Gasteiger partial charge in [0.25, 0.3) is 0 Å². The number of unbranched alkanes of at least 4 members (excludes halogenated alkanes) is 38. The van der Waals surface area contributed by atoms with E-state index in [9.17, 15) is 4.79 Å². The Labute approximate surface area is 379 Å². The lowest BCUT2D eigenvalue weighted by atomic mass is 9.81. The van der Waals surface area contributed by atoms with E-state index in [1.807, 2.05) is 6.54 Å². The molecule has 0 heterocycles. The van der Waals surface area contributed by atoms with Gasteiger partial charge in [-0.05, 0) is 70.6 Å². The van der Waals surface area contributed by atoms with E-state index in [1.165, 1.54) is 295 Å². The van der Waals surface area contributed by atoms with Gasteiger partial charge in [-0.3, -0.25) is 10.5 Å². The van der Waals surface area contributed by atoms with Crippen LogP contribution >= 0.6 is 0 Å². The van der Waals surface area contributed by atoms with Gasteiger partial charge in [0, 0.05) is 18.5 Å². The Kier molecular flexibility index (Phi) is 49.6. The van der Waals surface area contributed by atoms with Gasteiger partial charge in [0.2, 0.25) is 5.91 Å². The Bertz CT molecular complexity index is 837. The summed E-state index contributed by atoms with van der Waals surface area (Å²) in [5, 5.41) is 3.84. The van der Waals surface area contributed by atoms with Gasteiger partial charge < -0.3 is 5.32 Å². The van der Waals surface area contributed by atoms with Crippen LogP contribution in [0, 0.1) is 6.54 Å². The number of hydrogen-bond donors (Lipinski definition) is 1. The Morgan fingerprint density at radius 1 is 0.350 bits per heavy atom. The topological polar surface area (TPSA) is 52.9 Å². The van der Waals surface area contributed by atoms with Gasteiger partial charge in [-0.25, -0.2) is 0 Å². The highest BCUT2D eigenvalue weighted by Crippen LogP contribution is 2.30. The first kappa shape index (κ1) is 58.9. The van der Waals surface area contributed by atoms with Gasteiger partial charge in [0.05, 0.1) is 0 Å². The maximum absolute atomic E-state index is 11.7. The molecular weight excluding hydrogens is 729 g/mol. The summed E-state index contributed by atoms with van der Waals surface area (Å²) in [7, 11) is 0. The number of carbonyl (C=O) groups is 1. The van der Waals surface area contributed by atoms with E-state index >= 15 is 0 Å². The molecule has 0 unspecified atom stereocenters. The molecule has 0 atom stereocenters. The average molecular weight is 840 g/mol. The third-order valence-electron chi connectivity index (χ3n) is 13.3. The average Bonchev–Trinajstić information content (AvgIpc) is 3.24. The lowest BCUT2D eigenvalue weighted by molar-refractivity contribution is -0.118. The molecule has 60 heavy (non-hydrogen) atoms. The molecule has 0 aliphatic carbocycles. The largest absolute Gasteiger partial charge is 0.306 e. The van der Waals surface area contributed by atoms with Gasteiger partial charge >= 0.3 is 0 Å². The van der Waals surface area contributed by atoms with Gasteiger partial charge in [-0.15, -0.1) is 0 Å². The summed E-state index contributed by atoms with van der Waals surface area (Å²) in [5.74, 6) is -0.474. The number of rotatable bonds is 52. The van der Waals surface area contributed by atoms with E-state index in [-0.39, 0.29) is 12.0 Å². The molecule has 0 aromatic heterocycles. The molecule has 0 aromatic rings. The van der Waals surface area contributed by atoms with Crippen molar-refractivity contribution in [1.82, 2.24) is 11.1 Å². The monoisotopic (exact) mass is 839 g/mol. The van der Waals surface area contributed by atoms with Crippen molar-refractivity contribution >= 4 is 5.91 Å². The van der Waals surface area contributed by atoms with Crippen LogP contribution in [-0.4, -0.2) is 11.4 Å². The number of amides is 1. The predicted molar refractivity (Wildman–Crippen MR) is 271 cm³/mol. The Balaban J connectivity index is 4.67. The first-order chi connectivity index (χ1) is 29.6. The molecule has 0 aliphatic rings. The number of allylic oxidation sites excluding steroid dienone is 4. The fourth-order valence-corrected chi connectivity index (χ4v) is 9.21. The molecule has 0 aromatic carbocycles. The predicted octanol–water partition coefficient (Wildman–Crippen LogP) is 19.8. The van der Waals surface area contributed by atoms with Gasteiger partial charge in [0.15, 0.2) is 0 Å². The van der Waals surface area contributed by atoms with Gasteiger partial charge in [-0.1, -0.05) is 270 Å². The van der Waals surface area contributed by atoms with Crippen molar-refractivity contribution in [3.63, 3.8) is 0 Å². The number of hydrogen-bond acceptors (Lipinski definition) is 2. The highest BCUT2D eigenvalue weighted by Gasteiger charge is 2.28. The summed E-state index contributed by atoms with van der Waals surface area (Å²) in [6.45, 7) is 8.85. The normalized spacial score (nSPS) is 12.2. The highest BCUT2D eigenvalue weighted by molar-refractivity contribution is 5.73. The quantitative estimate of drug-likeness (QED) is 0.0490. The van der Waals surface area contributed by atoms with Gasteiger partial charge in [0.1, 0.15) is 0 Å². The molecule has 3 heteroatoms. The maximum atomic E-state index is 11.7. The Morgan fingerprint density at radius 3 is 0.800 bits per heavy atom. The molecule has 0 spiro atoms. The van der Waals surface area contributed by atoms with Crippen molar-refractivity contribution in [2.75, 3.05) is 0 Å². The van der Waals surface area contributed by atoms with Crippen LogP contribution < -0.4 is 11.1 Å². The van der Waals surface area contributed by atoms with Crippen molar-refractivity contribution in [1.29, 1.82) is 0 Å². The standard InChI is InChI=1S/C57H110N2O/c1-4-7-10-13-16-19-22-25-28-31-34-37-40-43-46-49-53-57(59-55-51-56(58)60,52-48-45-42-39-36-33-30-27-24-21-18-15-12-9-6-3)54-50-47-44-41-38-35-32-29-26-23-20-17-14-11-8-5-2/h25-26,28-29,55,58-59H,4-24,27,30-54H2,1-3H3/b28-25-,29-26-. The summed E-state index contributed by atoms with van der Waals surface area (Å²) >= 11 is 0. The molecule has 0 bridgehead atoms. The number of carbonyl (C=O) groups excluding carboxylic acids is 1. The Hall–Kier alpha value is -1.09. The van der Waals surface area contributed by atoms with Crippen LogP contribution in [0.3, 0.4) is 0 Å². The molecule has 2 N–H and O–H groups in total. The van der Waals surface area contributed by atoms with Crippen LogP contribution in [0.15, 0.2) is 24.3 Å². The summed E-state index contributed by atoms with van der Waals surface area (Å²) < 4.78 is 0. The second-order valence-electron chi connectivity index (χ2n) is 19.3. The maximum Gasteiger partial charge on any atom is 0.240 e. The highest BCUT2D eigenvalue weighted by atomic mass is 16.1. The van der Waals surface area contributed by atoms with Gasteiger partial charge in [-0.2, -0.15) is 0 Å². The Morgan fingerprint density at radius 2 is 0.567 bits per heavy atom. The fraction of sp³-hybridized carbons (Fsp3) is 0.895. The third-order valence-corrected chi connectivity index (χ3v) is 13.3. The molecule has 0 saturated carbocycles. The molecule has 0 rings (SSSR count). The summed E-state index contributed by atoms with van der Waals surface area (Å²) in [4.78, 5) is 11.7. The van der Waals surface area contributed by atoms with Crippen LogP contribution in [0.2, 0.25) is 0 Å². The van der Waals surface area contributed by atoms with E-state index in [2.05, 4.69) is 50.4 Å². The van der Waals surface area contributed by atoms with Crippen molar-refractivity contribution < 1.29 is 4.79 Å². The first-order valence-corrected chi connectivity index (χ1v) is 27.7. The van der Waals surface area contributed by atoms with E-state index in [0.717, 1.165) is 0 Å². The second kappa shape index (κ2) is 50.6. The van der Waals surface area contributed by atoms with Crippen molar-refractivity contribution in [2.24, 2.45) is 0 Å². The van der Waals surface area contributed by atoms with Crippen molar-refractivity contribution in [3.8, 4) is 0 Å². The zero-order chi connectivity index (χ0) is 43.6. The lowest BCUT2D eigenvalue weighted by Gasteiger charge is -2.36. The molecular formula is C57H110N2O. The second-order valence-corrected chi connectivity index (χ2v) is 19.3. The molecule has 0 fully saturated rings.